The molecule has 3 rings (SSSR count). The largest absolute Gasteiger partial charge is 0.367 e. The van der Waals surface area contributed by atoms with Crippen LogP contribution in [-0.2, 0) is 13.6 Å². The molecule has 0 spiro atoms. The molecule has 23 heavy (non-hydrogen) atoms. The molecule has 0 atom stereocenters. The highest BCUT2D eigenvalue weighted by Crippen LogP contribution is 2.16. The molecule has 0 bridgehead atoms. The van der Waals surface area contributed by atoms with Gasteiger partial charge in [-0.2, -0.15) is 5.10 Å². The smallest absolute Gasteiger partial charge is 0.266 e. The predicted octanol–water partition coefficient (Wildman–Crippen LogP) is 0.955. The summed E-state index contributed by atoms with van der Waals surface area (Å²) < 4.78 is 1.35. The van der Waals surface area contributed by atoms with Crippen molar-refractivity contribution in [2.45, 2.75) is 32.4 Å². The third-order valence-electron chi connectivity index (χ3n) is 4.17. The molecule has 0 saturated carbocycles. The molecule has 2 aromatic heterocycles. The van der Waals surface area contributed by atoms with Crippen LogP contribution >= 0.6 is 0 Å². The SMILES string of the molecule is Cc1cc(NC2CCN(Cc3cnn(C)c(=O)c3)CC2)ncn1. The van der Waals surface area contributed by atoms with Crippen molar-refractivity contribution in [3.05, 3.63) is 46.3 Å². The van der Waals surface area contributed by atoms with Crippen molar-refractivity contribution >= 4 is 5.82 Å². The van der Waals surface area contributed by atoms with Crippen LogP contribution in [0.4, 0.5) is 5.82 Å². The van der Waals surface area contributed by atoms with Crippen molar-refractivity contribution in [3.8, 4) is 0 Å². The van der Waals surface area contributed by atoms with Crippen LogP contribution in [0, 0.1) is 6.92 Å². The molecule has 2 aromatic rings. The van der Waals surface area contributed by atoms with E-state index in [1.54, 1.807) is 25.6 Å². The molecular weight excluding hydrogens is 292 g/mol. The van der Waals surface area contributed by atoms with E-state index in [9.17, 15) is 4.79 Å². The fourth-order valence-electron chi connectivity index (χ4n) is 2.83. The van der Waals surface area contributed by atoms with E-state index in [1.807, 2.05) is 13.0 Å². The minimum absolute atomic E-state index is 0.0572. The standard InChI is InChI=1S/C16H22N6O/c1-12-7-15(18-11-17-12)20-14-3-5-22(6-4-14)10-13-8-16(23)21(2)19-9-13/h7-9,11,14H,3-6,10H2,1-2H3,(H,17,18,20). The maximum absolute atomic E-state index is 11.6. The number of anilines is 1. The first kappa shape index (κ1) is 15.6. The van der Waals surface area contributed by atoms with E-state index in [0.717, 1.165) is 49.6 Å². The van der Waals surface area contributed by atoms with Crippen LogP contribution in [0.3, 0.4) is 0 Å². The van der Waals surface area contributed by atoms with Crippen LogP contribution in [0.15, 0.2) is 29.5 Å². The Balaban J connectivity index is 1.52. The second-order valence-corrected chi connectivity index (χ2v) is 6.07. The molecule has 3 heterocycles. The van der Waals surface area contributed by atoms with Gasteiger partial charge in [0.1, 0.15) is 12.1 Å². The van der Waals surface area contributed by atoms with Gasteiger partial charge in [0, 0.05) is 50.6 Å². The summed E-state index contributed by atoms with van der Waals surface area (Å²) in [5.41, 5.74) is 1.89. The number of aromatic nitrogens is 4. The first-order chi connectivity index (χ1) is 11.1. The van der Waals surface area contributed by atoms with Crippen molar-refractivity contribution in [1.82, 2.24) is 24.6 Å². The molecule has 1 aliphatic heterocycles. The lowest BCUT2D eigenvalue weighted by Crippen LogP contribution is -2.39. The van der Waals surface area contributed by atoms with Crippen LogP contribution in [0.2, 0.25) is 0 Å². The average Bonchev–Trinajstić information content (AvgIpc) is 2.53. The minimum atomic E-state index is -0.0572. The van der Waals surface area contributed by atoms with Gasteiger partial charge in [0.15, 0.2) is 0 Å². The number of likely N-dealkylation sites (tertiary alicyclic amines) is 1. The fourth-order valence-corrected chi connectivity index (χ4v) is 2.83. The Morgan fingerprint density at radius 1 is 1.26 bits per heavy atom. The van der Waals surface area contributed by atoms with E-state index in [-0.39, 0.29) is 5.56 Å². The van der Waals surface area contributed by atoms with Gasteiger partial charge >= 0.3 is 0 Å². The van der Waals surface area contributed by atoms with Crippen LogP contribution < -0.4 is 10.9 Å². The van der Waals surface area contributed by atoms with Gasteiger partial charge < -0.3 is 5.32 Å². The molecule has 0 radical (unpaired) electrons. The second kappa shape index (κ2) is 6.87. The normalized spacial score (nSPS) is 16.4. The van der Waals surface area contributed by atoms with Gasteiger partial charge in [0.05, 0.1) is 6.20 Å². The monoisotopic (exact) mass is 314 g/mol. The van der Waals surface area contributed by atoms with Crippen LogP contribution in [0.5, 0.6) is 0 Å². The van der Waals surface area contributed by atoms with Crippen LogP contribution in [0.1, 0.15) is 24.1 Å². The first-order valence-corrected chi connectivity index (χ1v) is 7.90. The van der Waals surface area contributed by atoms with Crippen LogP contribution in [-0.4, -0.2) is 43.8 Å². The summed E-state index contributed by atoms with van der Waals surface area (Å²) in [5, 5.41) is 7.55. The van der Waals surface area contributed by atoms with E-state index in [2.05, 4.69) is 25.3 Å². The molecule has 0 aliphatic carbocycles. The molecule has 0 amide bonds. The maximum Gasteiger partial charge on any atom is 0.266 e. The van der Waals surface area contributed by atoms with Crippen molar-refractivity contribution in [2.75, 3.05) is 18.4 Å². The zero-order chi connectivity index (χ0) is 16.2. The number of nitrogens with one attached hydrogen (secondary N) is 1. The Morgan fingerprint density at radius 2 is 2.04 bits per heavy atom. The quantitative estimate of drug-likeness (QED) is 0.906. The van der Waals surface area contributed by atoms with Gasteiger partial charge in [-0.25, -0.2) is 14.6 Å². The van der Waals surface area contributed by atoms with E-state index < -0.39 is 0 Å². The highest BCUT2D eigenvalue weighted by molar-refractivity contribution is 5.35. The van der Waals surface area contributed by atoms with Crippen molar-refractivity contribution in [3.63, 3.8) is 0 Å². The number of rotatable bonds is 4. The molecule has 1 saturated heterocycles. The summed E-state index contributed by atoms with van der Waals surface area (Å²) >= 11 is 0. The molecular formula is C16H22N6O. The zero-order valence-electron chi connectivity index (χ0n) is 13.6. The zero-order valence-corrected chi connectivity index (χ0v) is 13.6. The van der Waals surface area contributed by atoms with Gasteiger partial charge in [-0.15, -0.1) is 0 Å². The first-order valence-electron chi connectivity index (χ1n) is 7.90. The van der Waals surface area contributed by atoms with Gasteiger partial charge in [-0.3, -0.25) is 9.69 Å². The van der Waals surface area contributed by atoms with Gasteiger partial charge in [0.2, 0.25) is 0 Å². The summed E-state index contributed by atoms with van der Waals surface area (Å²) in [6.45, 7) is 4.74. The van der Waals surface area contributed by atoms with Crippen molar-refractivity contribution < 1.29 is 0 Å². The molecule has 1 aliphatic rings. The Morgan fingerprint density at radius 3 is 2.74 bits per heavy atom. The number of hydrogen-bond donors (Lipinski definition) is 1. The fraction of sp³-hybridized carbons (Fsp3) is 0.500. The Hall–Kier alpha value is -2.28. The molecule has 7 heteroatoms. The lowest BCUT2D eigenvalue weighted by Gasteiger charge is -2.32. The topological polar surface area (TPSA) is 75.9 Å². The molecule has 7 nitrogen and oxygen atoms in total. The number of piperidine rings is 1. The molecule has 122 valence electrons. The Kier molecular flexibility index (Phi) is 4.66. The molecule has 1 N–H and O–H groups in total. The minimum Gasteiger partial charge on any atom is -0.367 e. The summed E-state index contributed by atoms with van der Waals surface area (Å²) in [4.78, 5) is 22.4. The molecule has 0 unspecified atom stereocenters. The lowest BCUT2D eigenvalue weighted by molar-refractivity contribution is 0.210. The highest BCUT2D eigenvalue weighted by atomic mass is 16.1. The second-order valence-electron chi connectivity index (χ2n) is 6.07. The predicted molar refractivity (Wildman–Crippen MR) is 88.2 cm³/mol. The summed E-state index contributed by atoms with van der Waals surface area (Å²) in [6.07, 6.45) is 5.48. The van der Waals surface area contributed by atoms with E-state index >= 15 is 0 Å². The maximum atomic E-state index is 11.6. The summed E-state index contributed by atoms with van der Waals surface area (Å²) in [7, 11) is 1.66. The average molecular weight is 314 g/mol. The lowest BCUT2D eigenvalue weighted by atomic mass is 10.0. The van der Waals surface area contributed by atoms with Crippen LogP contribution in [0.25, 0.3) is 0 Å². The van der Waals surface area contributed by atoms with Gasteiger partial charge in [-0.1, -0.05) is 0 Å². The Bertz CT molecular complexity index is 721. The Labute approximate surface area is 135 Å². The number of hydrogen-bond acceptors (Lipinski definition) is 6. The van der Waals surface area contributed by atoms with Crippen molar-refractivity contribution in [2.24, 2.45) is 7.05 Å². The third kappa shape index (κ3) is 4.13. The van der Waals surface area contributed by atoms with Crippen molar-refractivity contribution in [1.29, 1.82) is 0 Å². The third-order valence-corrected chi connectivity index (χ3v) is 4.17. The summed E-state index contributed by atoms with van der Waals surface area (Å²) in [6, 6.07) is 4.07. The van der Waals surface area contributed by atoms with E-state index in [1.165, 1.54) is 4.68 Å². The van der Waals surface area contributed by atoms with Gasteiger partial charge in [0.25, 0.3) is 5.56 Å². The number of nitrogens with zero attached hydrogens (tertiary/aromatic N) is 5. The summed E-state index contributed by atoms with van der Waals surface area (Å²) in [5.74, 6) is 0.895. The van der Waals surface area contributed by atoms with E-state index in [4.69, 9.17) is 0 Å². The van der Waals surface area contributed by atoms with Gasteiger partial charge in [-0.05, 0) is 25.3 Å². The number of aryl methyl sites for hydroxylation is 2. The highest BCUT2D eigenvalue weighted by Gasteiger charge is 2.19. The molecule has 0 aromatic carbocycles. The van der Waals surface area contributed by atoms with E-state index in [0.29, 0.717) is 6.04 Å². The molecule has 1 fully saturated rings.